The molecule has 2 rings (SSSR count). The number of amides is 1. The minimum absolute atomic E-state index is 0.232. The van der Waals surface area contributed by atoms with Crippen molar-refractivity contribution >= 4 is 44.9 Å². The van der Waals surface area contributed by atoms with E-state index in [0.717, 1.165) is 21.3 Å². The van der Waals surface area contributed by atoms with E-state index in [2.05, 4.69) is 32.6 Å². The Morgan fingerprint density at radius 2 is 1.62 bits per heavy atom. The number of hydrogen-bond donors (Lipinski definition) is 2. The van der Waals surface area contributed by atoms with Gasteiger partial charge in [0.2, 0.25) is 0 Å². The van der Waals surface area contributed by atoms with E-state index < -0.39 is 0 Å². The van der Waals surface area contributed by atoms with Gasteiger partial charge in [-0.3, -0.25) is 10.1 Å². The highest BCUT2D eigenvalue weighted by molar-refractivity contribution is 9.10. The van der Waals surface area contributed by atoms with Gasteiger partial charge in [-0.25, -0.2) is 0 Å². The van der Waals surface area contributed by atoms with Crippen LogP contribution >= 0.6 is 28.1 Å². The van der Waals surface area contributed by atoms with Crippen molar-refractivity contribution in [2.75, 3.05) is 5.32 Å². The lowest BCUT2D eigenvalue weighted by Crippen LogP contribution is -2.34. The number of benzene rings is 2. The van der Waals surface area contributed by atoms with Gasteiger partial charge in [-0.05, 0) is 73.6 Å². The van der Waals surface area contributed by atoms with Gasteiger partial charge in [-0.2, -0.15) is 0 Å². The Hall–Kier alpha value is -1.72. The number of anilines is 1. The van der Waals surface area contributed by atoms with Gasteiger partial charge < -0.3 is 5.32 Å². The van der Waals surface area contributed by atoms with Crippen LogP contribution in [0.3, 0.4) is 0 Å². The van der Waals surface area contributed by atoms with Crippen LogP contribution in [-0.4, -0.2) is 11.0 Å². The van der Waals surface area contributed by atoms with E-state index in [9.17, 15) is 4.79 Å². The van der Waals surface area contributed by atoms with Gasteiger partial charge in [0.05, 0.1) is 0 Å². The molecule has 1 amide bonds. The van der Waals surface area contributed by atoms with Crippen LogP contribution in [0.15, 0.2) is 46.9 Å². The van der Waals surface area contributed by atoms with Crippen molar-refractivity contribution in [3.63, 3.8) is 0 Å². The Morgan fingerprint density at radius 1 is 1.05 bits per heavy atom. The summed E-state index contributed by atoms with van der Waals surface area (Å²) in [6.07, 6.45) is 0. The Bertz CT molecular complexity index is 663. The molecule has 0 heterocycles. The summed E-state index contributed by atoms with van der Waals surface area (Å²) in [5, 5.41) is 5.98. The van der Waals surface area contributed by atoms with Crippen molar-refractivity contribution in [3.05, 3.63) is 63.6 Å². The predicted molar refractivity (Wildman–Crippen MR) is 93.7 cm³/mol. The first-order valence-electron chi connectivity index (χ1n) is 6.40. The normalized spacial score (nSPS) is 10.0. The second-order valence-electron chi connectivity index (χ2n) is 4.79. The van der Waals surface area contributed by atoms with Crippen molar-refractivity contribution in [1.82, 2.24) is 5.32 Å². The first-order valence-corrected chi connectivity index (χ1v) is 7.60. The molecule has 0 atom stereocenters. The van der Waals surface area contributed by atoms with Crippen molar-refractivity contribution in [2.24, 2.45) is 0 Å². The molecule has 0 saturated carbocycles. The number of carbonyl (C=O) groups is 1. The van der Waals surface area contributed by atoms with E-state index in [4.69, 9.17) is 12.2 Å². The summed E-state index contributed by atoms with van der Waals surface area (Å²) in [5.74, 6) is -0.232. The van der Waals surface area contributed by atoms with Crippen LogP contribution in [0, 0.1) is 13.8 Å². The fraction of sp³-hybridized carbons (Fsp3) is 0.125. The quantitative estimate of drug-likeness (QED) is 0.786. The van der Waals surface area contributed by atoms with E-state index >= 15 is 0 Å². The average molecular weight is 363 g/mol. The van der Waals surface area contributed by atoms with Gasteiger partial charge in [0.25, 0.3) is 5.91 Å². The van der Waals surface area contributed by atoms with Crippen LogP contribution in [0.1, 0.15) is 21.5 Å². The Labute approximate surface area is 137 Å². The molecule has 0 spiro atoms. The molecule has 0 aromatic heterocycles. The van der Waals surface area contributed by atoms with Gasteiger partial charge in [-0.15, -0.1) is 0 Å². The van der Waals surface area contributed by atoms with Gasteiger partial charge in [0.15, 0.2) is 5.11 Å². The summed E-state index contributed by atoms with van der Waals surface area (Å²) in [4.78, 5) is 12.0. The van der Waals surface area contributed by atoms with Crippen molar-refractivity contribution in [3.8, 4) is 0 Å². The van der Waals surface area contributed by atoms with E-state index in [0.29, 0.717) is 5.56 Å². The lowest BCUT2D eigenvalue weighted by molar-refractivity contribution is 0.0977. The molecule has 3 nitrogen and oxygen atoms in total. The molecule has 0 aliphatic rings. The van der Waals surface area contributed by atoms with Crippen molar-refractivity contribution < 1.29 is 4.79 Å². The maximum Gasteiger partial charge on any atom is 0.257 e. The van der Waals surface area contributed by atoms with E-state index in [-0.39, 0.29) is 11.0 Å². The van der Waals surface area contributed by atoms with Crippen LogP contribution in [-0.2, 0) is 0 Å². The third-order valence-electron chi connectivity index (χ3n) is 2.81. The fourth-order valence-corrected chi connectivity index (χ4v) is 2.46. The highest BCUT2D eigenvalue weighted by Crippen LogP contribution is 2.14. The number of halogens is 1. The molecule has 0 saturated heterocycles. The van der Waals surface area contributed by atoms with Crippen LogP contribution in [0.5, 0.6) is 0 Å². The zero-order valence-electron chi connectivity index (χ0n) is 11.7. The molecule has 108 valence electrons. The zero-order valence-corrected chi connectivity index (χ0v) is 14.1. The molecule has 2 aromatic rings. The number of hydrogen-bond acceptors (Lipinski definition) is 2. The molecule has 2 aromatic carbocycles. The van der Waals surface area contributed by atoms with Crippen LogP contribution in [0.25, 0.3) is 0 Å². The fourth-order valence-electron chi connectivity index (χ4n) is 1.99. The monoisotopic (exact) mass is 362 g/mol. The van der Waals surface area contributed by atoms with Crippen LogP contribution < -0.4 is 10.6 Å². The molecule has 0 unspecified atom stereocenters. The Morgan fingerprint density at radius 3 is 2.19 bits per heavy atom. The minimum atomic E-state index is -0.232. The third-order valence-corrected chi connectivity index (χ3v) is 3.55. The molecule has 2 N–H and O–H groups in total. The van der Waals surface area contributed by atoms with Gasteiger partial charge in [0.1, 0.15) is 0 Å². The largest absolute Gasteiger partial charge is 0.332 e. The smallest absolute Gasteiger partial charge is 0.257 e. The number of thiocarbonyl (C=S) groups is 1. The summed E-state index contributed by atoms with van der Waals surface area (Å²) in [7, 11) is 0. The van der Waals surface area contributed by atoms with Crippen molar-refractivity contribution in [1.29, 1.82) is 0 Å². The number of rotatable bonds is 2. The summed E-state index contributed by atoms with van der Waals surface area (Å²) >= 11 is 8.51. The second kappa shape index (κ2) is 6.83. The highest BCUT2D eigenvalue weighted by Gasteiger charge is 2.08. The van der Waals surface area contributed by atoms with E-state index in [1.165, 1.54) is 0 Å². The van der Waals surface area contributed by atoms with Gasteiger partial charge >= 0.3 is 0 Å². The first kappa shape index (κ1) is 15.7. The number of carbonyl (C=O) groups excluding carboxylic acids is 1. The molecule has 0 aliphatic carbocycles. The minimum Gasteiger partial charge on any atom is -0.332 e. The lowest BCUT2D eigenvalue weighted by atomic mass is 10.1. The number of nitrogens with one attached hydrogen (secondary N) is 2. The number of aryl methyl sites for hydroxylation is 2. The van der Waals surface area contributed by atoms with Gasteiger partial charge in [0, 0.05) is 15.7 Å². The molecular formula is C16H15BrN2OS. The summed E-state index contributed by atoms with van der Waals surface area (Å²) in [5.41, 5.74) is 3.70. The molecule has 0 bridgehead atoms. The zero-order chi connectivity index (χ0) is 15.4. The van der Waals surface area contributed by atoms with E-state index in [1.54, 1.807) is 12.1 Å². The highest BCUT2D eigenvalue weighted by atomic mass is 79.9. The average Bonchev–Trinajstić information content (AvgIpc) is 2.37. The maximum atomic E-state index is 12.0. The SMILES string of the molecule is Cc1cc(C)cc(NC(=S)NC(=O)c2ccc(Br)cc2)c1. The molecule has 21 heavy (non-hydrogen) atoms. The van der Waals surface area contributed by atoms with Crippen LogP contribution in [0.4, 0.5) is 5.69 Å². The molecule has 0 aliphatic heterocycles. The first-order chi connectivity index (χ1) is 9.94. The van der Waals surface area contributed by atoms with Crippen molar-refractivity contribution in [2.45, 2.75) is 13.8 Å². The molecule has 0 radical (unpaired) electrons. The van der Waals surface area contributed by atoms with E-state index in [1.807, 2.05) is 38.1 Å². The van der Waals surface area contributed by atoms with Gasteiger partial charge in [-0.1, -0.05) is 22.0 Å². The topological polar surface area (TPSA) is 41.1 Å². The Kier molecular flexibility index (Phi) is 5.09. The summed E-state index contributed by atoms with van der Waals surface area (Å²) in [6.45, 7) is 4.03. The molecule has 0 fully saturated rings. The predicted octanol–water partition coefficient (Wildman–Crippen LogP) is 4.19. The standard InChI is InChI=1S/C16H15BrN2OS/c1-10-7-11(2)9-14(8-10)18-16(21)19-15(20)12-3-5-13(17)6-4-12/h3-9H,1-2H3,(H2,18,19,20,21). The summed E-state index contributed by atoms with van der Waals surface area (Å²) in [6, 6.07) is 13.1. The Balaban J connectivity index is 2.01. The summed E-state index contributed by atoms with van der Waals surface area (Å²) < 4.78 is 0.926. The maximum absolute atomic E-state index is 12.0. The molecule has 5 heteroatoms. The van der Waals surface area contributed by atoms with Crippen LogP contribution in [0.2, 0.25) is 0 Å². The molecular weight excluding hydrogens is 348 g/mol. The second-order valence-corrected chi connectivity index (χ2v) is 6.12. The lowest BCUT2D eigenvalue weighted by Gasteiger charge is -2.11. The third kappa shape index (κ3) is 4.65.